The molecule has 0 bridgehead atoms. The number of aromatic hydroxyl groups is 1. The van der Waals surface area contributed by atoms with E-state index >= 15 is 0 Å². The van der Waals surface area contributed by atoms with Crippen molar-refractivity contribution in [3.8, 4) is 22.9 Å². The van der Waals surface area contributed by atoms with Crippen molar-refractivity contribution in [2.45, 2.75) is 13.5 Å². The van der Waals surface area contributed by atoms with Crippen LogP contribution in [-0.2, 0) is 11.3 Å². The highest BCUT2D eigenvalue weighted by atomic mass is 16.6. The smallest absolute Gasteiger partial charge is 0.342 e. The van der Waals surface area contributed by atoms with Crippen molar-refractivity contribution in [3.63, 3.8) is 0 Å². The van der Waals surface area contributed by atoms with E-state index in [-0.39, 0.29) is 23.8 Å². The second-order valence-corrected chi connectivity index (χ2v) is 5.29. The van der Waals surface area contributed by atoms with Gasteiger partial charge in [0.1, 0.15) is 17.1 Å². The van der Waals surface area contributed by atoms with Gasteiger partial charge in [0.05, 0.1) is 7.11 Å². The Morgan fingerprint density at radius 2 is 2.04 bits per heavy atom. The number of para-hydroxylation sites is 1. The van der Waals surface area contributed by atoms with Crippen molar-refractivity contribution in [2.24, 2.45) is 0 Å². The number of aryl methyl sites for hydroxylation is 1. The average Bonchev–Trinajstić information content (AvgIpc) is 3.11. The first-order valence-corrected chi connectivity index (χ1v) is 7.51. The summed E-state index contributed by atoms with van der Waals surface area (Å²) < 4.78 is 15.4. The van der Waals surface area contributed by atoms with Gasteiger partial charge in [-0.1, -0.05) is 29.4 Å². The van der Waals surface area contributed by atoms with Crippen molar-refractivity contribution >= 4 is 5.97 Å². The predicted octanol–water partition coefficient (Wildman–Crippen LogP) is 3.12. The topological polar surface area (TPSA) is 94.7 Å². The zero-order valence-corrected chi connectivity index (χ0v) is 13.7. The quantitative estimate of drug-likeness (QED) is 0.713. The lowest BCUT2D eigenvalue weighted by molar-refractivity contribution is 0.0426. The van der Waals surface area contributed by atoms with E-state index in [2.05, 4.69) is 10.1 Å². The number of phenols is 1. The molecule has 3 aromatic rings. The highest BCUT2D eigenvalue weighted by Gasteiger charge is 2.16. The number of rotatable bonds is 5. The van der Waals surface area contributed by atoms with E-state index < -0.39 is 5.97 Å². The van der Waals surface area contributed by atoms with Gasteiger partial charge in [0, 0.05) is 5.56 Å². The van der Waals surface area contributed by atoms with E-state index in [9.17, 15) is 9.90 Å². The Hall–Kier alpha value is -3.35. The summed E-state index contributed by atoms with van der Waals surface area (Å²) in [6.07, 6.45) is 0. The molecule has 1 aromatic heterocycles. The number of ether oxygens (including phenoxy) is 2. The molecule has 7 heteroatoms. The van der Waals surface area contributed by atoms with Gasteiger partial charge in [-0.25, -0.2) is 4.79 Å². The summed E-state index contributed by atoms with van der Waals surface area (Å²) >= 11 is 0. The first-order valence-electron chi connectivity index (χ1n) is 7.51. The first-order chi connectivity index (χ1) is 12.1. The molecule has 1 heterocycles. The maximum Gasteiger partial charge on any atom is 0.342 e. The molecule has 128 valence electrons. The number of hydrogen-bond donors (Lipinski definition) is 1. The highest BCUT2D eigenvalue weighted by molar-refractivity contribution is 5.92. The van der Waals surface area contributed by atoms with E-state index in [1.54, 1.807) is 38.3 Å². The zero-order valence-electron chi connectivity index (χ0n) is 13.7. The Morgan fingerprint density at radius 3 is 2.84 bits per heavy atom. The van der Waals surface area contributed by atoms with Crippen LogP contribution in [0.1, 0.15) is 21.8 Å². The number of carbonyl (C=O) groups is 1. The Morgan fingerprint density at radius 1 is 1.24 bits per heavy atom. The Kier molecular flexibility index (Phi) is 4.65. The SMILES string of the molecule is COc1cccc(-c2noc(COC(=O)c3cccc(C)c3O)n2)c1. The average molecular weight is 340 g/mol. The second-order valence-electron chi connectivity index (χ2n) is 5.29. The van der Waals surface area contributed by atoms with Crippen molar-refractivity contribution in [2.75, 3.05) is 7.11 Å². The van der Waals surface area contributed by atoms with Crippen molar-refractivity contribution in [1.29, 1.82) is 0 Å². The monoisotopic (exact) mass is 340 g/mol. The molecule has 0 saturated carbocycles. The number of benzene rings is 2. The van der Waals surface area contributed by atoms with Crippen molar-refractivity contribution in [3.05, 3.63) is 59.5 Å². The molecular formula is C18H16N2O5. The predicted molar refractivity (Wildman–Crippen MR) is 88.2 cm³/mol. The first kappa shape index (κ1) is 16.5. The largest absolute Gasteiger partial charge is 0.507 e. The fourth-order valence-electron chi connectivity index (χ4n) is 2.22. The van der Waals surface area contributed by atoms with Gasteiger partial charge in [0.2, 0.25) is 5.82 Å². The summed E-state index contributed by atoms with van der Waals surface area (Å²) in [6, 6.07) is 12.1. The Labute approximate surface area is 143 Å². The summed E-state index contributed by atoms with van der Waals surface area (Å²) in [5.74, 6) is 0.421. The number of esters is 1. The maximum absolute atomic E-state index is 12.1. The van der Waals surface area contributed by atoms with Gasteiger partial charge in [0.15, 0.2) is 6.61 Å². The molecule has 0 saturated heterocycles. The molecule has 1 N–H and O–H groups in total. The number of nitrogens with zero attached hydrogens (tertiary/aromatic N) is 2. The number of phenolic OH excluding ortho intramolecular Hbond substituents is 1. The molecule has 0 aliphatic carbocycles. The summed E-state index contributed by atoms with van der Waals surface area (Å²) in [7, 11) is 1.57. The molecule has 0 aliphatic rings. The number of aromatic nitrogens is 2. The van der Waals surface area contributed by atoms with Crippen molar-refractivity contribution < 1.29 is 23.9 Å². The molecular weight excluding hydrogens is 324 g/mol. The van der Waals surface area contributed by atoms with Crippen LogP contribution >= 0.6 is 0 Å². The fraction of sp³-hybridized carbons (Fsp3) is 0.167. The van der Waals surface area contributed by atoms with Gasteiger partial charge in [-0.2, -0.15) is 4.98 Å². The molecule has 0 amide bonds. The van der Waals surface area contributed by atoms with Crippen molar-refractivity contribution in [1.82, 2.24) is 10.1 Å². The third-order valence-corrected chi connectivity index (χ3v) is 3.58. The Balaban J connectivity index is 1.69. The van der Waals surface area contributed by atoms with E-state index in [4.69, 9.17) is 14.0 Å². The van der Waals surface area contributed by atoms with Gasteiger partial charge in [-0.3, -0.25) is 0 Å². The molecule has 0 fully saturated rings. The van der Waals surface area contributed by atoms with Gasteiger partial charge >= 0.3 is 5.97 Å². The van der Waals surface area contributed by atoms with E-state index in [1.165, 1.54) is 6.07 Å². The molecule has 2 aromatic carbocycles. The molecule has 0 aliphatic heterocycles. The number of hydrogen-bond acceptors (Lipinski definition) is 7. The minimum Gasteiger partial charge on any atom is -0.507 e. The minimum atomic E-state index is -0.665. The third-order valence-electron chi connectivity index (χ3n) is 3.58. The lowest BCUT2D eigenvalue weighted by Gasteiger charge is -2.05. The summed E-state index contributed by atoms with van der Waals surface area (Å²) in [5.41, 5.74) is 1.40. The van der Waals surface area contributed by atoms with Crippen LogP contribution in [0.2, 0.25) is 0 Å². The van der Waals surface area contributed by atoms with E-state index in [0.29, 0.717) is 17.1 Å². The molecule has 0 radical (unpaired) electrons. The maximum atomic E-state index is 12.1. The Bertz CT molecular complexity index is 904. The third kappa shape index (κ3) is 3.60. The van der Waals surface area contributed by atoms with Gasteiger partial charge in [-0.15, -0.1) is 0 Å². The number of carbonyl (C=O) groups excluding carboxylic acids is 1. The molecule has 0 unspecified atom stereocenters. The lowest BCUT2D eigenvalue weighted by atomic mass is 10.1. The number of methoxy groups -OCH3 is 1. The molecule has 7 nitrogen and oxygen atoms in total. The van der Waals surface area contributed by atoms with Crippen LogP contribution < -0.4 is 4.74 Å². The van der Waals surface area contributed by atoms with E-state index in [0.717, 1.165) is 5.56 Å². The van der Waals surface area contributed by atoms with Gasteiger partial charge in [0.25, 0.3) is 5.89 Å². The highest BCUT2D eigenvalue weighted by Crippen LogP contribution is 2.23. The fourth-order valence-corrected chi connectivity index (χ4v) is 2.22. The lowest BCUT2D eigenvalue weighted by Crippen LogP contribution is -2.06. The normalized spacial score (nSPS) is 10.5. The molecule has 0 atom stereocenters. The van der Waals surface area contributed by atoms with Gasteiger partial charge < -0.3 is 19.1 Å². The van der Waals surface area contributed by atoms with Gasteiger partial charge in [-0.05, 0) is 30.7 Å². The van der Waals surface area contributed by atoms with Crippen LogP contribution in [0.25, 0.3) is 11.4 Å². The van der Waals surface area contributed by atoms with Crippen LogP contribution in [0, 0.1) is 6.92 Å². The van der Waals surface area contributed by atoms with E-state index in [1.807, 2.05) is 12.1 Å². The van der Waals surface area contributed by atoms with Crippen LogP contribution in [-0.4, -0.2) is 28.3 Å². The summed E-state index contributed by atoms with van der Waals surface area (Å²) in [6.45, 7) is 1.51. The molecule has 0 spiro atoms. The van der Waals surface area contributed by atoms with Crippen LogP contribution in [0.4, 0.5) is 0 Å². The van der Waals surface area contributed by atoms with Crippen LogP contribution in [0.5, 0.6) is 11.5 Å². The molecule has 3 rings (SSSR count). The second kappa shape index (κ2) is 7.04. The summed E-state index contributed by atoms with van der Waals surface area (Å²) in [4.78, 5) is 16.3. The van der Waals surface area contributed by atoms with Crippen LogP contribution in [0.15, 0.2) is 47.0 Å². The molecule has 25 heavy (non-hydrogen) atoms. The standard InChI is InChI=1S/C18H16N2O5/c1-11-5-3-8-14(16(11)21)18(22)24-10-15-19-17(20-25-15)12-6-4-7-13(9-12)23-2/h3-9,21H,10H2,1-2H3. The minimum absolute atomic E-state index is 0.0903. The summed E-state index contributed by atoms with van der Waals surface area (Å²) in [5, 5.41) is 13.8. The van der Waals surface area contributed by atoms with Crippen LogP contribution in [0.3, 0.4) is 0 Å². The zero-order chi connectivity index (χ0) is 17.8.